The molecule has 4 nitrogen and oxygen atoms in total. The Morgan fingerprint density at radius 3 is 3.00 bits per heavy atom. The second kappa shape index (κ2) is 7.09. The van der Waals surface area contributed by atoms with E-state index in [-0.39, 0.29) is 10.7 Å². The van der Waals surface area contributed by atoms with E-state index in [9.17, 15) is 4.79 Å². The lowest BCUT2D eigenvalue weighted by atomic mass is 10.3. The van der Waals surface area contributed by atoms with Crippen LogP contribution >= 0.6 is 31.9 Å². The van der Waals surface area contributed by atoms with Gasteiger partial charge in [-0.05, 0) is 28.4 Å². The lowest BCUT2D eigenvalue weighted by molar-refractivity contribution is 0.0950. The summed E-state index contributed by atoms with van der Waals surface area (Å²) >= 11 is 6.60. The Bertz CT molecular complexity index is 341. The highest BCUT2D eigenvalue weighted by atomic mass is 79.9. The van der Waals surface area contributed by atoms with Crippen molar-refractivity contribution in [3.05, 3.63) is 22.6 Å². The molecule has 1 amide bonds. The number of rotatable bonds is 6. The third-order valence-electron chi connectivity index (χ3n) is 1.95. The van der Waals surface area contributed by atoms with Crippen molar-refractivity contribution in [2.75, 3.05) is 20.3 Å². The van der Waals surface area contributed by atoms with Gasteiger partial charge in [-0.2, -0.15) is 0 Å². The topological polar surface area (TPSA) is 51.5 Å². The molecule has 90 valence electrons. The maximum absolute atomic E-state index is 11.6. The van der Waals surface area contributed by atoms with Gasteiger partial charge in [0.25, 0.3) is 5.91 Å². The summed E-state index contributed by atoms with van der Waals surface area (Å²) in [4.78, 5) is 11.9. The molecule has 0 aromatic carbocycles. The maximum atomic E-state index is 11.6. The summed E-state index contributed by atoms with van der Waals surface area (Å²) in [5.74, 6) is -0.141. The van der Waals surface area contributed by atoms with E-state index in [4.69, 9.17) is 9.15 Å². The van der Waals surface area contributed by atoms with E-state index in [1.165, 1.54) is 6.26 Å². The van der Waals surface area contributed by atoms with Gasteiger partial charge in [0, 0.05) is 18.5 Å². The summed E-state index contributed by atoms with van der Waals surface area (Å²) in [7, 11) is 1.65. The van der Waals surface area contributed by atoms with Gasteiger partial charge in [-0.3, -0.25) is 4.79 Å². The average Bonchev–Trinajstić information content (AvgIpc) is 2.64. The first kappa shape index (κ1) is 13.7. The third kappa shape index (κ3) is 4.27. The molecule has 1 heterocycles. The quantitative estimate of drug-likeness (QED) is 0.799. The molecule has 1 aromatic rings. The van der Waals surface area contributed by atoms with Crippen LogP contribution in [0.1, 0.15) is 16.8 Å². The van der Waals surface area contributed by atoms with Crippen LogP contribution in [0.25, 0.3) is 0 Å². The molecule has 0 aliphatic heterocycles. The Kier molecular flexibility index (Phi) is 6.08. The van der Waals surface area contributed by atoms with E-state index in [1.54, 1.807) is 13.2 Å². The first-order valence-corrected chi connectivity index (χ1v) is 6.50. The van der Waals surface area contributed by atoms with Crippen LogP contribution in [0.3, 0.4) is 0 Å². The van der Waals surface area contributed by atoms with E-state index >= 15 is 0 Å². The molecule has 1 unspecified atom stereocenters. The SMILES string of the molecule is COCC(Br)CCNC(=O)c1ccoc1Br. The van der Waals surface area contributed by atoms with Crippen LogP contribution in [-0.4, -0.2) is 31.0 Å². The molecule has 0 fully saturated rings. The number of carbonyl (C=O) groups excluding carboxylic acids is 1. The predicted molar refractivity (Wildman–Crippen MR) is 67.9 cm³/mol. The highest BCUT2D eigenvalue weighted by Gasteiger charge is 2.12. The molecule has 0 aliphatic carbocycles. The fourth-order valence-corrected chi connectivity index (χ4v) is 2.07. The van der Waals surface area contributed by atoms with Crippen LogP contribution in [0.4, 0.5) is 0 Å². The zero-order valence-corrected chi connectivity index (χ0v) is 12.0. The molecule has 0 bridgehead atoms. The van der Waals surface area contributed by atoms with Gasteiger partial charge >= 0.3 is 0 Å². The van der Waals surface area contributed by atoms with Crippen LogP contribution in [0.15, 0.2) is 21.4 Å². The Morgan fingerprint density at radius 2 is 2.44 bits per heavy atom. The van der Waals surface area contributed by atoms with Crippen molar-refractivity contribution >= 4 is 37.8 Å². The molecule has 1 aromatic heterocycles. The van der Waals surface area contributed by atoms with Crippen molar-refractivity contribution < 1.29 is 13.9 Å². The first-order chi connectivity index (χ1) is 7.65. The largest absolute Gasteiger partial charge is 0.457 e. The molecule has 1 rings (SSSR count). The molecule has 1 atom stereocenters. The van der Waals surface area contributed by atoms with Crippen LogP contribution in [0, 0.1) is 0 Å². The molecular formula is C10H13Br2NO3. The average molecular weight is 355 g/mol. The minimum atomic E-state index is -0.141. The van der Waals surface area contributed by atoms with E-state index in [0.717, 1.165) is 6.42 Å². The summed E-state index contributed by atoms with van der Waals surface area (Å²) in [5.41, 5.74) is 0.512. The third-order valence-corrected chi connectivity index (χ3v) is 3.29. The van der Waals surface area contributed by atoms with Crippen molar-refractivity contribution in [2.45, 2.75) is 11.2 Å². The minimum Gasteiger partial charge on any atom is -0.457 e. The summed E-state index contributed by atoms with van der Waals surface area (Å²) < 4.78 is 10.4. The molecule has 0 saturated heterocycles. The van der Waals surface area contributed by atoms with Crippen molar-refractivity contribution in [1.82, 2.24) is 5.32 Å². The number of amides is 1. The fourth-order valence-electron chi connectivity index (χ4n) is 1.16. The number of halogens is 2. The van der Waals surface area contributed by atoms with Crippen molar-refractivity contribution in [2.24, 2.45) is 0 Å². The van der Waals surface area contributed by atoms with Gasteiger partial charge in [-0.15, -0.1) is 0 Å². The maximum Gasteiger partial charge on any atom is 0.255 e. The monoisotopic (exact) mass is 353 g/mol. The zero-order valence-electron chi connectivity index (χ0n) is 8.83. The Balaban J connectivity index is 2.29. The number of carbonyl (C=O) groups is 1. The number of ether oxygens (including phenoxy) is 1. The molecule has 0 saturated carbocycles. The van der Waals surface area contributed by atoms with Crippen LogP contribution in [0.5, 0.6) is 0 Å². The fraction of sp³-hybridized carbons (Fsp3) is 0.500. The van der Waals surface area contributed by atoms with Crippen LogP contribution in [-0.2, 0) is 4.74 Å². The van der Waals surface area contributed by atoms with E-state index in [0.29, 0.717) is 23.4 Å². The molecule has 0 aliphatic rings. The minimum absolute atomic E-state index is 0.141. The Labute approximate surface area is 111 Å². The number of hydrogen-bond acceptors (Lipinski definition) is 3. The summed E-state index contributed by atoms with van der Waals surface area (Å²) in [6, 6.07) is 1.63. The van der Waals surface area contributed by atoms with E-state index in [2.05, 4.69) is 37.2 Å². The molecule has 0 radical (unpaired) electrons. The molecule has 0 spiro atoms. The first-order valence-electron chi connectivity index (χ1n) is 4.79. The van der Waals surface area contributed by atoms with E-state index in [1.807, 2.05) is 0 Å². The van der Waals surface area contributed by atoms with Crippen molar-refractivity contribution in [1.29, 1.82) is 0 Å². The standard InChI is InChI=1S/C10H13Br2NO3/c1-15-6-7(11)2-4-13-10(14)8-3-5-16-9(8)12/h3,5,7H,2,4,6H2,1H3,(H,13,14). The summed E-state index contributed by atoms with van der Waals surface area (Å²) in [6.45, 7) is 1.22. The highest BCUT2D eigenvalue weighted by Crippen LogP contribution is 2.17. The number of furan rings is 1. The van der Waals surface area contributed by atoms with Gasteiger partial charge < -0.3 is 14.5 Å². The van der Waals surface area contributed by atoms with Gasteiger partial charge in [0.1, 0.15) is 0 Å². The zero-order chi connectivity index (χ0) is 12.0. The van der Waals surface area contributed by atoms with Gasteiger partial charge in [0.2, 0.25) is 0 Å². The van der Waals surface area contributed by atoms with Crippen LogP contribution in [0.2, 0.25) is 0 Å². The molecule has 1 N–H and O–H groups in total. The highest BCUT2D eigenvalue weighted by molar-refractivity contribution is 9.10. The van der Waals surface area contributed by atoms with Gasteiger partial charge in [-0.1, -0.05) is 15.9 Å². The summed E-state index contributed by atoms with van der Waals surface area (Å²) in [6.07, 6.45) is 2.28. The van der Waals surface area contributed by atoms with Gasteiger partial charge in [0.15, 0.2) is 4.67 Å². The Morgan fingerprint density at radius 1 is 1.69 bits per heavy atom. The van der Waals surface area contributed by atoms with Crippen LogP contribution < -0.4 is 5.32 Å². The predicted octanol–water partition coefficient (Wildman–Crippen LogP) is 2.57. The second-order valence-corrected chi connectivity index (χ2v) is 5.22. The smallest absolute Gasteiger partial charge is 0.255 e. The number of methoxy groups -OCH3 is 1. The van der Waals surface area contributed by atoms with Crippen molar-refractivity contribution in [3.63, 3.8) is 0 Å². The number of hydrogen-bond donors (Lipinski definition) is 1. The van der Waals surface area contributed by atoms with Gasteiger partial charge in [-0.25, -0.2) is 0 Å². The second-order valence-electron chi connectivity index (χ2n) is 3.21. The Hall–Kier alpha value is -0.330. The molecule has 16 heavy (non-hydrogen) atoms. The van der Waals surface area contributed by atoms with E-state index < -0.39 is 0 Å². The normalized spacial score (nSPS) is 12.4. The van der Waals surface area contributed by atoms with Gasteiger partial charge in [0.05, 0.1) is 18.4 Å². The molecule has 6 heteroatoms. The molecular weight excluding hydrogens is 342 g/mol. The lowest BCUT2D eigenvalue weighted by Crippen LogP contribution is -2.26. The summed E-state index contributed by atoms with van der Waals surface area (Å²) in [5, 5.41) is 2.80. The van der Waals surface area contributed by atoms with Crippen molar-refractivity contribution in [3.8, 4) is 0 Å². The lowest BCUT2D eigenvalue weighted by Gasteiger charge is -2.08. The number of nitrogens with one attached hydrogen (secondary N) is 1. The number of alkyl halides is 1.